The number of Topliss-reactive ketones (excluding diaryl/α,β-unsaturated/α-hetero) is 1. The van der Waals surface area contributed by atoms with E-state index in [2.05, 4.69) is 738 Å². The van der Waals surface area contributed by atoms with E-state index in [0.29, 0.717) is 69.5 Å². The summed E-state index contributed by atoms with van der Waals surface area (Å²) in [6, 6.07) is 9.91. The number of aryl methyl sites for hydroxylation is 3. The van der Waals surface area contributed by atoms with Crippen molar-refractivity contribution in [3.05, 3.63) is 106 Å². The smallest absolute Gasteiger partial charge is 0.254 e. The molecule has 127 heavy (non-hydrogen) atoms. The van der Waals surface area contributed by atoms with Crippen molar-refractivity contribution < 1.29 is 14.4 Å². The molecule has 10 nitrogen and oxygen atoms in total. The molecular formula is C37H32BrCl4I74N7O3S. The number of aromatic nitrogens is 5. The summed E-state index contributed by atoms with van der Waals surface area (Å²) in [7, 11) is -20.9. The number of carbonyl (C=O) groups is 3. The number of carbonyl (C=O) groups excluding carboxylic acids is 3. The SMILES string of the molecule is II(I)I(I)I(I)I(I)I(I)I(I)I(I)I(I)I(I)I(I)I(I)I(I)I(I)I(I)I(I)I(I)I(I)I(I)I(I)I(I)I(I)I(I)I(I)I(I)I(I)I(I)I(I)I(I)I(I)I(I)I(I)I(I)I(I)I(I)I(I)I(I)I.O=C(c1ccc(Cl)c(Cl)c1)N1CCc2nn3c(c2C1)-c1ncsc1CCC3.O=C1c2c3c(nn2CCCC1Br)CCN(C(=O)c1ccc(Cl)c(Cl)c1)C3. The van der Waals surface area contributed by atoms with Crippen LogP contribution in [0.2, 0.25) is 20.1 Å². The molecule has 0 saturated carbocycles. The summed E-state index contributed by atoms with van der Waals surface area (Å²) < 4.78 is 3.91. The van der Waals surface area contributed by atoms with Gasteiger partial charge in [-0.2, -0.15) is 10.2 Å². The van der Waals surface area contributed by atoms with Crippen molar-refractivity contribution in [3.8, 4) is 11.4 Å². The summed E-state index contributed by atoms with van der Waals surface area (Å²) in [5.41, 5.74) is 9.74. The van der Waals surface area contributed by atoms with Crippen molar-refractivity contribution in [3.63, 3.8) is 0 Å². The van der Waals surface area contributed by atoms with Crippen molar-refractivity contribution in [2.45, 2.75) is 69.5 Å². The minimum Gasteiger partial charge on any atom is -0.334 e. The van der Waals surface area contributed by atoms with E-state index in [1.807, 2.05) is 15.1 Å². The van der Waals surface area contributed by atoms with Crippen LogP contribution in [-0.4, -0.2) is 69.9 Å². The second kappa shape index (κ2) is 89.0. The second-order valence-electron chi connectivity index (χ2n) is 19.2. The molecule has 5 aromatic rings. The van der Waals surface area contributed by atoms with Gasteiger partial charge >= 0.3 is 992 Å². The molecule has 0 radical (unpaired) electrons. The Morgan fingerprint density at radius 2 is 0.591 bits per heavy atom. The fourth-order valence-corrected chi connectivity index (χ4v) is 14300. The number of hydrogen-bond donors (Lipinski definition) is 0. The number of halogens is 79. The van der Waals surface area contributed by atoms with Gasteiger partial charge in [-0.05, 0) is 62.1 Å². The zero-order chi connectivity index (χ0) is 95.7. The quantitative estimate of drug-likeness (QED) is 0.0290. The molecule has 0 spiro atoms. The topological polar surface area (TPSA) is 106 Å². The first-order chi connectivity index (χ1) is 59.2. The zero-order valence-corrected chi connectivity index (χ0v) is 221. The van der Waals surface area contributed by atoms with Crippen LogP contribution in [0.3, 0.4) is 0 Å². The normalized spacial score (nSPS) is 18.5. The van der Waals surface area contributed by atoms with Gasteiger partial charge in [0.15, 0.2) is 5.78 Å². The Morgan fingerprint density at radius 3 is 0.858 bits per heavy atom. The number of alkyl halides is 1. The molecule has 0 saturated heterocycles. The molecule has 4 aliphatic rings. The number of nitrogens with zero attached hydrogens (tertiary/aromatic N) is 7. The molecule has 0 N–H and O–H groups in total. The van der Waals surface area contributed by atoms with Crippen LogP contribution in [0.1, 0.15) is 77.9 Å². The number of hydrogen-bond acceptors (Lipinski definition) is 7. The van der Waals surface area contributed by atoms with Crippen molar-refractivity contribution >= 4 is 1080 Å². The van der Waals surface area contributed by atoms with Crippen molar-refractivity contribution in [2.75, 3.05) is 13.1 Å². The van der Waals surface area contributed by atoms with E-state index in [0.717, 1.165) is 79.1 Å². The van der Waals surface area contributed by atoms with E-state index in [1.165, 1.54) is 4.88 Å². The summed E-state index contributed by atoms with van der Waals surface area (Å²) in [4.78, 5) is 48.0. The van der Waals surface area contributed by atoms with Crippen LogP contribution >= 0.6 is 1070 Å². The largest absolute Gasteiger partial charge is 0.334 e. The Balaban J connectivity index is 0.000000328. The molecule has 792 valence electrons. The predicted molar refractivity (Wildman–Crippen MR) is 1250 cm³/mol. The molecule has 0 fully saturated rings. The number of ketones is 1. The maximum atomic E-state index is 13.0. The number of fused-ring (bicyclic) bond motifs is 8. The average molecular weight is 10300 g/mol. The summed E-state index contributed by atoms with van der Waals surface area (Å²) in [5, 5.41) is 11.1. The first kappa shape index (κ1) is 164. The van der Waals surface area contributed by atoms with Gasteiger partial charge < -0.3 is 9.80 Å². The Bertz CT molecular complexity index is 4280. The van der Waals surface area contributed by atoms with E-state index < -0.39 is 284 Å². The fraction of sp³-hybridized carbons (Fsp3) is 0.351. The van der Waals surface area contributed by atoms with E-state index >= 15 is 0 Å². The monoisotopic (exact) mass is 10300 g/mol. The molecule has 2 amide bonds. The fourth-order valence-electron chi connectivity index (χ4n) is 8.47. The Labute approximate surface area is 1270 Å². The predicted octanol–water partition coefficient (Wildman–Crippen LogP) is 74.1. The van der Waals surface area contributed by atoms with Gasteiger partial charge in [0.2, 0.25) is 0 Å². The summed E-state index contributed by atoms with van der Waals surface area (Å²) in [6.45, 7) is 3.76. The van der Waals surface area contributed by atoms with Crippen molar-refractivity contribution in [2.24, 2.45) is 0 Å². The minimum atomic E-state index is -0.629. The molecule has 1 atom stereocenters. The Kier molecular flexibility index (Phi) is 115. The minimum absolute atomic E-state index is 0.0358. The standard InChI is InChI=1S/C19H16Cl2N4OS.C18H16BrCl2N3O2.I74/c20-13-4-3-11(8-14(13)21)19(26)24-7-5-15-12(9-24)18-17-16(27-10-22-17)2-1-6-25(18)23-15;19-12-2-1-6-24-16(17(12)25)11-9-23(7-5-15(11)22-24)18(26)10-3-4-13(20)14(21)8-10;1-39(2)41(5)43(7)45(9)47(11)49(13)51(15)53(17)55(19)57(21)59(23)61(25)63(27)65(29)67(31)69(33)71(35)73(37)74(38)72(36)70(34)68(32)66(30)64(28)62(26)60(24)58(22)56(20)54(18)52(16)50(14)48(12)46(10)44(8)42(6)40(3)4/h3-4,8,10H,1-2,5-7,9H2;3-4,8,12H,1-2,5-7,9H2;. The molecule has 1 unspecified atom stereocenters. The summed E-state index contributed by atoms with van der Waals surface area (Å²) in [5.74, 6) is -0.1000. The Morgan fingerprint density at radius 1 is 0.339 bits per heavy atom. The summed E-state index contributed by atoms with van der Waals surface area (Å²) in [6.07, 6.45) is 5.19. The van der Waals surface area contributed by atoms with Gasteiger partial charge in [-0.3, -0.25) is 23.7 Å². The van der Waals surface area contributed by atoms with Gasteiger partial charge in [-0.15, -0.1) is 11.3 Å². The van der Waals surface area contributed by atoms with Crippen LogP contribution < -0.4 is 0 Å². The molecule has 3 aromatic heterocycles. The molecule has 7 heterocycles. The number of rotatable bonds is 37. The van der Waals surface area contributed by atoms with Gasteiger partial charge in [-0.25, -0.2) is 4.98 Å². The average Bonchev–Trinajstić information content (AvgIpc) is 1.60. The first-order valence-electron chi connectivity index (χ1n) is 27.8. The molecule has 0 bridgehead atoms. The van der Waals surface area contributed by atoms with Gasteiger partial charge in [0.1, 0.15) is 11.4 Å². The second-order valence-corrected chi connectivity index (χ2v) is 1780. The zero-order valence-electron chi connectivity index (χ0n) is 56.2. The maximum absolute atomic E-state index is 13.0. The molecule has 4 aliphatic heterocycles. The third-order valence-corrected chi connectivity index (χ3v) is 5800. The van der Waals surface area contributed by atoms with Gasteiger partial charge in [-0.1, -0.05) is 62.3 Å². The van der Waals surface area contributed by atoms with E-state index in [9.17, 15) is 14.4 Å². The van der Waals surface area contributed by atoms with Crippen LogP contribution in [-0.2, 0) is 45.4 Å². The third kappa shape index (κ3) is 53.8. The van der Waals surface area contributed by atoms with Gasteiger partial charge in [0.05, 0.1) is 60.6 Å². The van der Waals surface area contributed by atoms with E-state index in [-0.39, 0.29) is 22.4 Å². The number of benzene rings is 2. The number of amides is 2. The van der Waals surface area contributed by atoms with E-state index in [4.69, 9.17) is 51.5 Å². The van der Waals surface area contributed by atoms with Crippen molar-refractivity contribution in [1.82, 2.24) is 34.3 Å². The Hall–Kier alpha value is 50.8. The molecule has 90 heteroatoms. The van der Waals surface area contributed by atoms with Crippen LogP contribution in [0, 0.1) is 0 Å². The van der Waals surface area contributed by atoms with Crippen molar-refractivity contribution in [1.29, 1.82) is 0 Å². The number of thiazole rings is 1. The first-order valence-corrected chi connectivity index (χ1v) is 490. The third-order valence-electron chi connectivity index (χ3n) is 13.0. The van der Waals surface area contributed by atoms with Crippen LogP contribution in [0.15, 0.2) is 41.9 Å². The van der Waals surface area contributed by atoms with Crippen LogP contribution in [0.25, 0.3) is 11.4 Å². The molecule has 2 aromatic carbocycles. The van der Waals surface area contributed by atoms with Crippen LogP contribution in [0.5, 0.6) is 0 Å². The maximum Gasteiger partial charge on any atom is 0.254 e. The van der Waals surface area contributed by atoms with Gasteiger partial charge in [0, 0.05) is 66.2 Å². The van der Waals surface area contributed by atoms with Gasteiger partial charge in [0.25, 0.3) is 11.8 Å². The van der Waals surface area contributed by atoms with Crippen LogP contribution in [0.4, 0.5) is 0 Å². The van der Waals surface area contributed by atoms with E-state index in [1.54, 1.807) is 52.6 Å². The summed E-state index contributed by atoms with van der Waals surface area (Å²) >= 11 is 156. The molecule has 9 rings (SSSR count). The molecular weight excluding hydrogens is 10200 g/mol. The molecule has 0 aliphatic carbocycles.